The van der Waals surface area contributed by atoms with Crippen molar-refractivity contribution < 1.29 is 4.42 Å². The number of rotatable bonds is 6. The van der Waals surface area contributed by atoms with Gasteiger partial charge in [-0.2, -0.15) is 0 Å². The maximum atomic E-state index is 12.4. The first kappa shape index (κ1) is 17.2. The molecule has 142 valence electrons. The van der Waals surface area contributed by atoms with Crippen molar-refractivity contribution in [2.75, 3.05) is 0 Å². The second-order valence-electron chi connectivity index (χ2n) is 7.05. The van der Waals surface area contributed by atoms with Crippen molar-refractivity contribution in [3.63, 3.8) is 0 Å². The van der Waals surface area contributed by atoms with Gasteiger partial charge in [0.1, 0.15) is 17.4 Å². The summed E-state index contributed by atoms with van der Waals surface area (Å²) >= 11 is 1.53. The molecule has 0 spiro atoms. The van der Waals surface area contributed by atoms with E-state index in [1.807, 2.05) is 31.2 Å². The van der Waals surface area contributed by atoms with Crippen molar-refractivity contribution in [2.24, 2.45) is 0 Å². The number of benzene rings is 1. The largest absolute Gasteiger partial charge is 0.467 e. The Balaban J connectivity index is 1.43. The van der Waals surface area contributed by atoms with Crippen LogP contribution in [-0.4, -0.2) is 24.7 Å². The van der Waals surface area contributed by atoms with Gasteiger partial charge < -0.3 is 9.40 Å². The highest BCUT2D eigenvalue weighted by Crippen LogP contribution is 2.40. The molecule has 0 amide bonds. The molecule has 1 aromatic carbocycles. The van der Waals surface area contributed by atoms with Crippen LogP contribution in [0.5, 0.6) is 0 Å². The van der Waals surface area contributed by atoms with Crippen LogP contribution in [0.25, 0.3) is 10.9 Å². The number of aryl methyl sites for hydroxylation is 1. The van der Waals surface area contributed by atoms with Crippen LogP contribution in [-0.2, 0) is 12.3 Å². The first-order chi connectivity index (χ1) is 13.7. The number of nitrogens with one attached hydrogen (secondary N) is 1. The molecule has 0 aliphatic heterocycles. The second-order valence-corrected chi connectivity index (χ2v) is 8.00. The summed E-state index contributed by atoms with van der Waals surface area (Å²) in [5.74, 6) is 3.52. The van der Waals surface area contributed by atoms with E-state index in [2.05, 4.69) is 24.7 Å². The number of nitrogens with zero attached hydrogens (tertiary/aromatic N) is 4. The van der Waals surface area contributed by atoms with Gasteiger partial charge in [-0.15, -0.1) is 10.2 Å². The number of para-hydroxylation sites is 1. The van der Waals surface area contributed by atoms with E-state index in [1.54, 1.807) is 12.3 Å². The predicted molar refractivity (Wildman–Crippen MR) is 106 cm³/mol. The van der Waals surface area contributed by atoms with Crippen molar-refractivity contribution in [1.82, 2.24) is 24.7 Å². The fraction of sp³-hybridized carbons (Fsp3) is 0.300. The lowest BCUT2D eigenvalue weighted by molar-refractivity contribution is 0.478. The molecule has 8 heteroatoms. The molecule has 5 rings (SSSR count). The third-order valence-corrected chi connectivity index (χ3v) is 5.88. The highest BCUT2D eigenvalue weighted by atomic mass is 32.2. The monoisotopic (exact) mass is 393 g/mol. The van der Waals surface area contributed by atoms with Crippen LogP contribution in [0.2, 0.25) is 0 Å². The number of thioether (sulfide) groups is 1. The quantitative estimate of drug-likeness (QED) is 0.503. The first-order valence-electron chi connectivity index (χ1n) is 9.26. The van der Waals surface area contributed by atoms with E-state index in [0.29, 0.717) is 29.4 Å². The summed E-state index contributed by atoms with van der Waals surface area (Å²) in [4.78, 5) is 19.9. The Kier molecular flexibility index (Phi) is 4.27. The van der Waals surface area contributed by atoms with Crippen LogP contribution in [0.3, 0.4) is 0 Å². The number of furan rings is 1. The maximum Gasteiger partial charge on any atom is 0.258 e. The molecule has 28 heavy (non-hydrogen) atoms. The van der Waals surface area contributed by atoms with Gasteiger partial charge in [0.25, 0.3) is 5.56 Å². The molecule has 1 N–H and O–H groups in total. The standard InChI is InChI=1S/C20H19N5O2S/c1-12-4-2-6-15-17(12)21-16(22-19(15)26)11-28-20-24-23-18(13-7-8-13)25(20)10-14-5-3-9-27-14/h2-6,9,13H,7-8,10-11H2,1H3,(H,21,22,26). The Morgan fingerprint density at radius 1 is 1.25 bits per heavy atom. The summed E-state index contributed by atoms with van der Waals surface area (Å²) < 4.78 is 7.63. The molecular weight excluding hydrogens is 374 g/mol. The Labute approximate surface area is 165 Å². The number of hydrogen-bond acceptors (Lipinski definition) is 6. The Bertz CT molecular complexity index is 1190. The lowest BCUT2D eigenvalue weighted by Gasteiger charge is -2.08. The van der Waals surface area contributed by atoms with Crippen LogP contribution in [0, 0.1) is 6.92 Å². The average molecular weight is 393 g/mol. The average Bonchev–Trinajstić information content (AvgIpc) is 3.25. The lowest BCUT2D eigenvalue weighted by Crippen LogP contribution is -2.12. The molecule has 1 fully saturated rings. The molecule has 1 aliphatic rings. The van der Waals surface area contributed by atoms with Gasteiger partial charge in [-0.25, -0.2) is 4.98 Å². The summed E-state index contributed by atoms with van der Waals surface area (Å²) in [7, 11) is 0. The highest BCUT2D eigenvalue weighted by molar-refractivity contribution is 7.98. The van der Waals surface area contributed by atoms with Crippen molar-refractivity contribution in [1.29, 1.82) is 0 Å². The number of hydrogen-bond donors (Lipinski definition) is 1. The van der Waals surface area contributed by atoms with E-state index in [0.717, 1.165) is 40.7 Å². The van der Waals surface area contributed by atoms with E-state index in [9.17, 15) is 4.79 Å². The molecule has 0 radical (unpaired) electrons. The van der Waals surface area contributed by atoms with Gasteiger partial charge in [0, 0.05) is 5.92 Å². The zero-order chi connectivity index (χ0) is 19.1. The smallest absolute Gasteiger partial charge is 0.258 e. The van der Waals surface area contributed by atoms with E-state index in [1.165, 1.54) is 11.8 Å². The van der Waals surface area contributed by atoms with Crippen LogP contribution in [0.15, 0.2) is 51.0 Å². The number of aromatic nitrogens is 5. The Hall–Kier alpha value is -2.87. The summed E-state index contributed by atoms with van der Waals surface area (Å²) in [5.41, 5.74) is 1.63. The molecule has 0 atom stereocenters. The van der Waals surface area contributed by atoms with E-state index >= 15 is 0 Å². The Morgan fingerprint density at radius 3 is 2.93 bits per heavy atom. The molecule has 0 bridgehead atoms. The van der Waals surface area contributed by atoms with Gasteiger partial charge in [-0.3, -0.25) is 9.36 Å². The third-order valence-electron chi connectivity index (χ3n) is 4.91. The van der Waals surface area contributed by atoms with Crippen molar-refractivity contribution in [3.05, 3.63) is 69.9 Å². The van der Waals surface area contributed by atoms with Gasteiger partial charge in [0.15, 0.2) is 5.16 Å². The first-order valence-corrected chi connectivity index (χ1v) is 10.2. The van der Waals surface area contributed by atoms with Gasteiger partial charge in [0.2, 0.25) is 0 Å². The van der Waals surface area contributed by atoms with Gasteiger partial charge in [-0.1, -0.05) is 23.9 Å². The Morgan fingerprint density at radius 2 is 2.14 bits per heavy atom. The van der Waals surface area contributed by atoms with E-state index in [4.69, 9.17) is 4.42 Å². The predicted octanol–water partition coefficient (Wildman–Crippen LogP) is 3.63. The van der Waals surface area contributed by atoms with Gasteiger partial charge in [0.05, 0.1) is 29.5 Å². The van der Waals surface area contributed by atoms with Crippen LogP contribution in [0.1, 0.15) is 41.7 Å². The van der Waals surface area contributed by atoms with Crippen molar-refractivity contribution >= 4 is 22.7 Å². The number of aromatic amines is 1. The maximum absolute atomic E-state index is 12.4. The minimum Gasteiger partial charge on any atom is -0.467 e. The highest BCUT2D eigenvalue weighted by Gasteiger charge is 2.30. The van der Waals surface area contributed by atoms with Crippen LogP contribution < -0.4 is 5.56 Å². The summed E-state index contributed by atoms with van der Waals surface area (Å²) in [6.45, 7) is 2.57. The summed E-state index contributed by atoms with van der Waals surface area (Å²) in [5, 5.41) is 10.2. The summed E-state index contributed by atoms with van der Waals surface area (Å²) in [6, 6.07) is 9.48. The minimum absolute atomic E-state index is 0.111. The number of H-pyrrole nitrogens is 1. The topological polar surface area (TPSA) is 89.6 Å². The minimum atomic E-state index is -0.111. The third kappa shape index (κ3) is 3.24. The lowest BCUT2D eigenvalue weighted by atomic mass is 10.1. The van der Waals surface area contributed by atoms with E-state index in [-0.39, 0.29) is 5.56 Å². The zero-order valence-corrected chi connectivity index (χ0v) is 16.2. The number of fused-ring (bicyclic) bond motifs is 1. The second kappa shape index (κ2) is 6.94. The molecule has 0 unspecified atom stereocenters. The molecule has 4 aromatic rings. The SMILES string of the molecule is Cc1cccc2c(=O)[nH]c(CSc3nnc(C4CC4)n3Cc3ccco3)nc12. The van der Waals surface area contributed by atoms with Crippen LogP contribution in [0.4, 0.5) is 0 Å². The van der Waals surface area contributed by atoms with Crippen molar-refractivity contribution in [2.45, 2.75) is 43.1 Å². The zero-order valence-electron chi connectivity index (χ0n) is 15.4. The fourth-order valence-corrected chi connectivity index (χ4v) is 4.13. The molecule has 1 saturated carbocycles. The van der Waals surface area contributed by atoms with E-state index < -0.39 is 0 Å². The molecular formula is C20H19N5O2S. The molecule has 1 aliphatic carbocycles. The van der Waals surface area contributed by atoms with Gasteiger partial charge >= 0.3 is 0 Å². The molecule has 3 aromatic heterocycles. The molecule has 3 heterocycles. The molecule has 7 nitrogen and oxygen atoms in total. The normalized spacial score (nSPS) is 14.0. The fourth-order valence-electron chi connectivity index (χ4n) is 3.31. The van der Waals surface area contributed by atoms with Crippen molar-refractivity contribution in [3.8, 4) is 0 Å². The molecule has 0 saturated heterocycles. The summed E-state index contributed by atoms with van der Waals surface area (Å²) in [6.07, 6.45) is 3.98. The van der Waals surface area contributed by atoms with Gasteiger partial charge in [-0.05, 0) is 43.5 Å². The van der Waals surface area contributed by atoms with Crippen LogP contribution >= 0.6 is 11.8 Å².